The number of aryl methyl sites for hydroxylation is 2. The third kappa shape index (κ3) is 3.90. The highest BCUT2D eigenvalue weighted by Crippen LogP contribution is 2.25. The summed E-state index contributed by atoms with van der Waals surface area (Å²) in [6.45, 7) is 7.68. The summed E-state index contributed by atoms with van der Waals surface area (Å²) >= 11 is 0. The van der Waals surface area contributed by atoms with Crippen LogP contribution in [0.15, 0.2) is 30.3 Å². The van der Waals surface area contributed by atoms with Crippen LogP contribution < -0.4 is 5.32 Å². The summed E-state index contributed by atoms with van der Waals surface area (Å²) in [7, 11) is 0. The number of carbonyl (C=O) groups excluding carboxylic acids is 1. The zero-order chi connectivity index (χ0) is 18.6. The molecule has 134 valence electrons. The molecule has 2 N–H and O–H groups in total. The average molecular weight is 343 g/mol. The van der Waals surface area contributed by atoms with Gasteiger partial charge in [0.2, 0.25) is 0 Å². The number of amides is 1. The van der Waals surface area contributed by atoms with Crippen LogP contribution in [-0.4, -0.2) is 33.3 Å². The first kappa shape index (κ1) is 18.7. The molecular formula is C19H25N3O3. The molecule has 6 nitrogen and oxygen atoms in total. The minimum absolute atomic E-state index is 0.118. The van der Waals surface area contributed by atoms with Crippen LogP contribution in [0.1, 0.15) is 48.4 Å². The molecule has 0 unspecified atom stereocenters. The number of nitrogens with zero attached hydrogens (tertiary/aromatic N) is 2. The van der Waals surface area contributed by atoms with Gasteiger partial charge >= 0.3 is 5.97 Å². The maximum Gasteiger partial charge on any atom is 0.311 e. The molecule has 0 aliphatic heterocycles. The highest BCUT2D eigenvalue weighted by Gasteiger charge is 2.35. The minimum Gasteiger partial charge on any atom is -0.481 e. The maximum atomic E-state index is 12.3. The van der Waals surface area contributed by atoms with Crippen molar-refractivity contribution in [3.8, 4) is 5.69 Å². The van der Waals surface area contributed by atoms with Crippen LogP contribution in [0.3, 0.4) is 0 Å². The van der Waals surface area contributed by atoms with Crippen molar-refractivity contribution in [1.29, 1.82) is 0 Å². The Morgan fingerprint density at radius 1 is 1.16 bits per heavy atom. The summed E-state index contributed by atoms with van der Waals surface area (Å²) in [6, 6.07) is 9.10. The second-order valence-electron chi connectivity index (χ2n) is 6.36. The fourth-order valence-corrected chi connectivity index (χ4v) is 2.87. The Morgan fingerprint density at radius 2 is 1.76 bits per heavy atom. The van der Waals surface area contributed by atoms with Crippen LogP contribution in [-0.2, 0) is 4.79 Å². The fourth-order valence-electron chi connectivity index (χ4n) is 2.87. The van der Waals surface area contributed by atoms with Gasteiger partial charge in [0, 0.05) is 17.8 Å². The molecule has 6 heteroatoms. The van der Waals surface area contributed by atoms with Crippen molar-refractivity contribution in [2.45, 2.75) is 40.5 Å². The second kappa shape index (κ2) is 7.51. The van der Waals surface area contributed by atoms with Crippen LogP contribution in [0.5, 0.6) is 0 Å². The monoisotopic (exact) mass is 343 g/mol. The normalized spacial score (nSPS) is 11.4. The number of carbonyl (C=O) groups is 2. The van der Waals surface area contributed by atoms with Crippen LogP contribution in [0, 0.1) is 19.3 Å². The molecule has 1 aromatic carbocycles. The van der Waals surface area contributed by atoms with Gasteiger partial charge < -0.3 is 10.4 Å². The van der Waals surface area contributed by atoms with Gasteiger partial charge in [0.25, 0.3) is 5.91 Å². The van der Waals surface area contributed by atoms with Crippen molar-refractivity contribution in [3.05, 3.63) is 47.3 Å². The molecule has 1 amide bonds. The number of aromatic nitrogens is 2. The second-order valence-corrected chi connectivity index (χ2v) is 6.36. The van der Waals surface area contributed by atoms with E-state index in [9.17, 15) is 14.7 Å². The third-order valence-electron chi connectivity index (χ3n) is 4.78. The lowest BCUT2D eigenvalue weighted by Gasteiger charge is -2.26. The van der Waals surface area contributed by atoms with Crippen molar-refractivity contribution in [2.75, 3.05) is 6.54 Å². The Hall–Kier alpha value is -2.63. The largest absolute Gasteiger partial charge is 0.481 e. The number of benzene rings is 1. The molecule has 0 saturated carbocycles. The van der Waals surface area contributed by atoms with E-state index in [0.29, 0.717) is 18.4 Å². The molecular weight excluding hydrogens is 318 g/mol. The predicted octanol–water partition coefficient (Wildman–Crippen LogP) is 3.11. The quantitative estimate of drug-likeness (QED) is 0.809. The van der Waals surface area contributed by atoms with Crippen LogP contribution in [0.25, 0.3) is 5.69 Å². The summed E-state index contributed by atoms with van der Waals surface area (Å²) in [6.07, 6.45) is 0.936. The van der Waals surface area contributed by atoms with E-state index in [1.54, 1.807) is 12.1 Å². The molecule has 2 rings (SSSR count). The van der Waals surface area contributed by atoms with Crippen molar-refractivity contribution in [3.63, 3.8) is 0 Å². The molecule has 0 aliphatic carbocycles. The van der Waals surface area contributed by atoms with E-state index >= 15 is 0 Å². The molecule has 0 spiro atoms. The zero-order valence-electron chi connectivity index (χ0n) is 15.2. The Kier molecular flexibility index (Phi) is 5.62. The molecule has 1 aromatic heterocycles. The lowest BCUT2D eigenvalue weighted by molar-refractivity contribution is -0.149. The highest BCUT2D eigenvalue weighted by molar-refractivity contribution is 5.94. The maximum absolute atomic E-state index is 12.3. The van der Waals surface area contributed by atoms with Gasteiger partial charge in [0.15, 0.2) is 0 Å². The Labute approximate surface area is 147 Å². The van der Waals surface area contributed by atoms with E-state index in [1.807, 2.05) is 50.6 Å². The SMILES string of the molecule is CCC(CC)(CNC(=O)c1ccc(-n2nc(C)cc2C)cc1)C(=O)O. The first-order chi connectivity index (χ1) is 11.8. The summed E-state index contributed by atoms with van der Waals surface area (Å²) in [4.78, 5) is 23.8. The third-order valence-corrected chi connectivity index (χ3v) is 4.78. The number of aliphatic carboxylic acids is 1. The van der Waals surface area contributed by atoms with Gasteiger partial charge in [0.1, 0.15) is 0 Å². The van der Waals surface area contributed by atoms with Crippen molar-refractivity contribution in [2.24, 2.45) is 5.41 Å². The molecule has 0 radical (unpaired) electrons. The Balaban J connectivity index is 2.10. The van der Waals surface area contributed by atoms with Crippen molar-refractivity contribution >= 4 is 11.9 Å². The van der Waals surface area contributed by atoms with E-state index in [1.165, 1.54) is 0 Å². The first-order valence-electron chi connectivity index (χ1n) is 8.48. The summed E-state index contributed by atoms with van der Waals surface area (Å²) < 4.78 is 1.82. The van der Waals surface area contributed by atoms with Gasteiger partial charge in [-0.3, -0.25) is 9.59 Å². The summed E-state index contributed by atoms with van der Waals surface area (Å²) in [5, 5.41) is 16.6. The van der Waals surface area contributed by atoms with Gasteiger partial charge in [-0.1, -0.05) is 13.8 Å². The van der Waals surface area contributed by atoms with Crippen molar-refractivity contribution in [1.82, 2.24) is 15.1 Å². The smallest absolute Gasteiger partial charge is 0.311 e. The standard InChI is InChI=1S/C19H25N3O3/c1-5-19(6-2,18(24)25)12-20-17(23)15-7-9-16(10-8-15)22-14(4)11-13(3)21-22/h7-11H,5-6,12H2,1-4H3,(H,20,23)(H,24,25). The molecule has 0 bridgehead atoms. The van der Waals surface area contributed by atoms with E-state index in [4.69, 9.17) is 0 Å². The number of hydrogen-bond acceptors (Lipinski definition) is 3. The van der Waals surface area contributed by atoms with Gasteiger partial charge in [0.05, 0.1) is 16.8 Å². The Morgan fingerprint density at radius 3 is 2.20 bits per heavy atom. The Bertz CT molecular complexity index is 759. The van der Waals surface area contributed by atoms with E-state index in [-0.39, 0.29) is 12.5 Å². The van der Waals surface area contributed by atoms with Gasteiger partial charge in [-0.25, -0.2) is 4.68 Å². The van der Waals surface area contributed by atoms with Crippen LogP contribution in [0.2, 0.25) is 0 Å². The number of carboxylic acids is 1. The molecule has 0 fully saturated rings. The van der Waals surface area contributed by atoms with Crippen LogP contribution >= 0.6 is 0 Å². The molecule has 0 saturated heterocycles. The molecule has 0 aliphatic rings. The lowest BCUT2D eigenvalue weighted by Crippen LogP contribution is -2.42. The summed E-state index contributed by atoms with van der Waals surface area (Å²) in [5.41, 5.74) is 2.41. The number of carboxylic acid groups (broad SMARTS) is 1. The summed E-state index contributed by atoms with van der Waals surface area (Å²) in [5.74, 6) is -1.15. The molecule has 2 aromatic rings. The van der Waals surface area contributed by atoms with Gasteiger partial charge in [-0.2, -0.15) is 5.10 Å². The van der Waals surface area contributed by atoms with Gasteiger partial charge in [-0.05, 0) is 57.0 Å². The first-order valence-corrected chi connectivity index (χ1v) is 8.48. The van der Waals surface area contributed by atoms with Gasteiger partial charge in [-0.15, -0.1) is 0 Å². The topological polar surface area (TPSA) is 84.2 Å². The fraction of sp³-hybridized carbons (Fsp3) is 0.421. The number of hydrogen-bond donors (Lipinski definition) is 2. The predicted molar refractivity (Wildman–Crippen MR) is 96.0 cm³/mol. The van der Waals surface area contributed by atoms with E-state index in [2.05, 4.69) is 10.4 Å². The highest BCUT2D eigenvalue weighted by atomic mass is 16.4. The van der Waals surface area contributed by atoms with E-state index < -0.39 is 11.4 Å². The lowest BCUT2D eigenvalue weighted by atomic mass is 9.82. The minimum atomic E-state index is -0.917. The molecule has 25 heavy (non-hydrogen) atoms. The molecule has 0 atom stereocenters. The zero-order valence-corrected chi connectivity index (χ0v) is 15.2. The molecule has 1 heterocycles. The average Bonchev–Trinajstić information content (AvgIpc) is 2.94. The number of rotatable bonds is 7. The van der Waals surface area contributed by atoms with E-state index in [0.717, 1.165) is 17.1 Å². The van der Waals surface area contributed by atoms with Crippen molar-refractivity contribution < 1.29 is 14.7 Å². The number of nitrogens with one attached hydrogen (secondary N) is 1. The van der Waals surface area contributed by atoms with Crippen LogP contribution in [0.4, 0.5) is 0 Å².